The van der Waals surface area contributed by atoms with Crippen molar-refractivity contribution in [2.75, 3.05) is 45.2 Å². The Morgan fingerprint density at radius 3 is 2.81 bits per heavy atom. The summed E-state index contributed by atoms with van der Waals surface area (Å²) in [7, 11) is 4.16. The average molecular weight is 518 g/mol. The molecule has 6 heterocycles. The summed E-state index contributed by atoms with van der Waals surface area (Å²) in [5.74, 6) is 3.48. The van der Waals surface area contributed by atoms with Crippen molar-refractivity contribution < 1.29 is 0 Å². The van der Waals surface area contributed by atoms with Crippen LogP contribution in [0.25, 0.3) is 33.6 Å². The second-order valence-corrected chi connectivity index (χ2v) is 11.8. The predicted octanol–water partition coefficient (Wildman–Crippen LogP) is 4.84. The fourth-order valence-electron chi connectivity index (χ4n) is 4.86. The molecule has 0 amide bonds. The molecule has 186 valence electrons. The zero-order valence-corrected chi connectivity index (χ0v) is 22.4. The van der Waals surface area contributed by atoms with Crippen molar-refractivity contribution >= 4 is 39.6 Å². The molecule has 1 fully saturated rings. The molecule has 0 N–H and O–H groups in total. The normalized spacial score (nSPS) is 15.0. The van der Waals surface area contributed by atoms with Gasteiger partial charge in [-0.3, -0.25) is 4.57 Å². The van der Waals surface area contributed by atoms with Crippen LogP contribution in [-0.2, 0) is 13.0 Å². The van der Waals surface area contributed by atoms with Gasteiger partial charge in [0.1, 0.15) is 16.5 Å². The van der Waals surface area contributed by atoms with E-state index >= 15 is 0 Å². The molecular formula is C27H31N7S2. The maximum atomic E-state index is 5.18. The first-order valence-corrected chi connectivity index (χ1v) is 14.5. The van der Waals surface area contributed by atoms with Crippen molar-refractivity contribution in [2.24, 2.45) is 0 Å². The van der Waals surface area contributed by atoms with Gasteiger partial charge in [-0.2, -0.15) is 16.9 Å². The summed E-state index contributed by atoms with van der Waals surface area (Å²) in [6.07, 6.45) is 8.29. The van der Waals surface area contributed by atoms with Gasteiger partial charge in [0.05, 0.1) is 11.2 Å². The number of nitrogens with zero attached hydrogens (tertiary/aromatic N) is 7. The van der Waals surface area contributed by atoms with Crippen LogP contribution in [-0.4, -0.2) is 79.2 Å². The van der Waals surface area contributed by atoms with Crippen LogP contribution in [0.15, 0.2) is 54.3 Å². The lowest BCUT2D eigenvalue weighted by atomic mass is 10.1. The summed E-state index contributed by atoms with van der Waals surface area (Å²) in [4.78, 5) is 14.9. The molecule has 0 bridgehead atoms. The van der Waals surface area contributed by atoms with Gasteiger partial charge < -0.3 is 9.80 Å². The smallest absolute Gasteiger partial charge is 0.149 e. The molecule has 5 aromatic rings. The first-order valence-electron chi connectivity index (χ1n) is 12.5. The highest BCUT2D eigenvalue weighted by molar-refractivity contribution is 7.99. The minimum Gasteiger partial charge on any atom is -0.303 e. The van der Waals surface area contributed by atoms with E-state index in [0.29, 0.717) is 0 Å². The fourth-order valence-corrected chi connectivity index (χ4v) is 6.72. The third kappa shape index (κ3) is 4.93. The predicted molar refractivity (Wildman–Crippen MR) is 150 cm³/mol. The Labute approximate surface area is 219 Å². The van der Waals surface area contributed by atoms with Crippen molar-refractivity contribution in [2.45, 2.75) is 19.4 Å². The molecule has 0 unspecified atom stereocenters. The van der Waals surface area contributed by atoms with Gasteiger partial charge in [0.2, 0.25) is 0 Å². The van der Waals surface area contributed by atoms with Crippen LogP contribution in [0.4, 0.5) is 0 Å². The van der Waals surface area contributed by atoms with E-state index in [4.69, 9.17) is 9.97 Å². The molecule has 6 rings (SSSR count). The summed E-state index contributed by atoms with van der Waals surface area (Å²) >= 11 is 3.78. The molecule has 7 nitrogen and oxygen atoms in total. The molecule has 0 radical (unpaired) electrons. The lowest BCUT2D eigenvalue weighted by Crippen LogP contribution is -2.33. The van der Waals surface area contributed by atoms with Crippen molar-refractivity contribution in [3.05, 3.63) is 64.9 Å². The minimum atomic E-state index is 0.842. The summed E-state index contributed by atoms with van der Waals surface area (Å²) in [5, 5.41) is 8.81. The number of hydrogen-bond donors (Lipinski definition) is 0. The SMILES string of the molecule is CN(C)Cc1nc(-n2cc(CCCN3CCSCC3)c3ccc(-c4ccn5nccc5c4)nc32)cs1. The molecule has 5 aromatic heterocycles. The van der Waals surface area contributed by atoms with Crippen LogP contribution < -0.4 is 0 Å². The highest BCUT2D eigenvalue weighted by atomic mass is 32.2. The number of thioether (sulfide) groups is 1. The van der Waals surface area contributed by atoms with Crippen LogP contribution in [0.3, 0.4) is 0 Å². The van der Waals surface area contributed by atoms with Crippen molar-refractivity contribution in [1.29, 1.82) is 0 Å². The van der Waals surface area contributed by atoms with Crippen LogP contribution >= 0.6 is 23.1 Å². The molecular weight excluding hydrogens is 486 g/mol. The molecule has 0 aromatic carbocycles. The third-order valence-electron chi connectivity index (χ3n) is 6.69. The minimum absolute atomic E-state index is 0.842. The van der Waals surface area contributed by atoms with Crippen LogP contribution in [0.2, 0.25) is 0 Å². The number of thiazole rings is 1. The lowest BCUT2D eigenvalue weighted by Gasteiger charge is -2.25. The van der Waals surface area contributed by atoms with Gasteiger partial charge in [-0.05, 0) is 69.4 Å². The number of rotatable bonds is 8. The van der Waals surface area contributed by atoms with Gasteiger partial charge in [0, 0.05) is 66.1 Å². The second-order valence-electron chi connectivity index (χ2n) is 9.60. The molecule has 0 atom stereocenters. The van der Waals surface area contributed by atoms with Gasteiger partial charge in [0.15, 0.2) is 0 Å². The Morgan fingerprint density at radius 1 is 1.06 bits per heavy atom. The van der Waals surface area contributed by atoms with Gasteiger partial charge in [0.25, 0.3) is 0 Å². The topological polar surface area (TPSA) is 54.5 Å². The molecule has 9 heteroatoms. The second kappa shape index (κ2) is 10.3. The zero-order chi connectivity index (χ0) is 24.5. The number of fused-ring (bicyclic) bond motifs is 2. The quantitative estimate of drug-likeness (QED) is 0.294. The van der Waals surface area contributed by atoms with Crippen molar-refractivity contribution in [3.63, 3.8) is 0 Å². The summed E-state index contributed by atoms with van der Waals surface area (Å²) in [5.41, 5.74) is 5.45. The Bertz CT molecular complexity index is 1480. The average Bonchev–Trinajstić information content (AvgIpc) is 3.62. The zero-order valence-electron chi connectivity index (χ0n) is 20.8. The Balaban J connectivity index is 1.35. The van der Waals surface area contributed by atoms with Crippen molar-refractivity contribution in [1.82, 2.24) is 33.9 Å². The van der Waals surface area contributed by atoms with E-state index in [-0.39, 0.29) is 0 Å². The summed E-state index contributed by atoms with van der Waals surface area (Å²) < 4.78 is 4.07. The molecule has 0 spiro atoms. The maximum Gasteiger partial charge on any atom is 0.149 e. The Hall–Kier alpha value is -2.72. The van der Waals surface area contributed by atoms with Crippen molar-refractivity contribution in [3.8, 4) is 17.1 Å². The molecule has 1 saturated heterocycles. The monoisotopic (exact) mass is 517 g/mol. The number of aryl methyl sites for hydroxylation is 1. The third-order valence-corrected chi connectivity index (χ3v) is 8.46. The number of hydrogen-bond acceptors (Lipinski definition) is 7. The first-order chi connectivity index (χ1) is 17.6. The van der Waals surface area contributed by atoms with Gasteiger partial charge >= 0.3 is 0 Å². The van der Waals surface area contributed by atoms with E-state index in [1.54, 1.807) is 11.3 Å². The van der Waals surface area contributed by atoms with Crippen LogP contribution in [0.5, 0.6) is 0 Å². The van der Waals surface area contributed by atoms with E-state index in [1.807, 2.05) is 23.0 Å². The number of aromatic nitrogens is 5. The van der Waals surface area contributed by atoms with E-state index < -0.39 is 0 Å². The van der Waals surface area contributed by atoms with E-state index in [1.165, 1.54) is 35.5 Å². The molecule has 1 aliphatic heterocycles. The Kier molecular flexibility index (Phi) is 6.79. The fraction of sp³-hybridized carbons (Fsp3) is 0.370. The largest absolute Gasteiger partial charge is 0.303 e. The molecule has 1 aliphatic rings. The number of pyridine rings is 2. The van der Waals surface area contributed by atoms with E-state index in [2.05, 4.69) is 81.2 Å². The summed E-state index contributed by atoms with van der Waals surface area (Å²) in [6.45, 7) is 4.43. The molecule has 0 aliphatic carbocycles. The molecule has 36 heavy (non-hydrogen) atoms. The van der Waals surface area contributed by atoms with Gasteiger partial charge in [-0.25, -0.2) is 14.5 Å². The van der Waals surface area contributed by atoms with E-state index in [0.717, 1.165) is 59.2 Å². The standard InChI is InChI=1S/C27H31N7S2/c1-31(2)18-26-30-25(19-36-26)33-17-21(4-3-10-32-12-14-35-15-13-32)23-5-6-24(29-27(23)33)20-8-11-34-22(16-20)7-9-28-34/h5-9,11,16-17,19H,3-4,10,12-15,18H2,1-2H3. The Morgan fingerprint density at radius 2 is 1.94 bits per heavy atom. The highest BCUT2D eigenvalue weighted by Crippen LogP contribution is 2.29. The van der Waals surface area contributed by atoms with Gasteiger partial charge in [-0.1, -0.05) is 0 Å². The highest BCUT2D eigenvalue weighted by Gasteiger charge is 2.16. The van der Waals surface area contributed by atoms with Crippen LogP contribution in [0, 0.1) is 0 Å². The van der Waals surface area contributed by atoms with Gasteiger partial charge in [-0.15, -0.1) is 11.3 Å². The van der Waals surface area contributed by atoms with E-state index in [9.17, 15) is 0 Å². The molecule has 0 saturated carbocycles. The summed E-state index contributed by atoms with van der Waals surface area (Å²) in [6, 6.07) is 10.6. The maximum absolute atomic E-state index is 5.18. The van der Waals surface area contributed by atoms with Crippen LogP contribution in [0.1, 0.15) is 17.0 Å². The first kappa shape index (κ1) is 23.7. The lowest BCUT2D eigenvalue weighted by molar-refractivity contribution is 0.299.